The van der Waals surface area contributed by atoms with E-state index in [9.17, 15) is 0 Å². The third-order valence-electron chi connectivity index (χ3n) is 10.7. The van der Waals surface area contributed by atoms with Crippen molar-refractivity contribution in [3.63, 3.8) is 0 Å². The fourth-order valence-corrected chi connectivity index (χ4v) is 7.35. The maximum Gasteiger partial charge on any atom is 0.0633 e. The molecule has 2 rings (SSSR count). The molecule has 0 saturated heterocycles. The second kappa shape index (κ2) is 37.6. The van der Waals surface area contributed by atoms with E-state index >= 15 is 0 Å². The first-order valence-electron chi connectivity index (χ1n) is 22.6. The summed E-state index contributed by atoms with van der Waals surface area (Å²) in [7, 11) is 0. The first-order valence-corrected chi connectivity index (χ1v) is 22.6. The molecule has 298 valence electrons. The minimum Gasteiger partial charge on any atom is -0.252 e. The van der Waals surface area contributed by atoms with E-state index in [1.54, 1.807) is 0 Å². The fourth-order valence-electron chi connectivity index (χ4n) is 7.35. The van der Waals surface area contributed by atoms with Crippen LogP contribution in [0.15, 0.2) is 70.6 Å². The smallest absolute Gasteiger partial charge is 0.0633 e. The van der Waals surface area contributed by atoms with Crippen LogP contribution in [0.4, 0.5) is 11.4 Å². The van der Waals surface area contributed by atoms with Gasteiger partial charge in [0.1, 0.15) is 0 Å². The van der Waals surface area contributed by atoms with Crippen molar-refractivity contribution in [3.05, 3.63) is 60.7 Å². The van der Waals surface area contributed by atoms with Crippen molar-refractivity contribution in [1.29, 1.82) is 0 Å². The normalized spacial score (nSPS) is 12.0. The molecule has 0 aliphatic carbocycles. The molecular weight excluding hydrogens is 675 g/mol. The van der Waals surface area contributed by atoms with Crippen LogP contribution in [0.2, 0.25) is 0 Å². The minimum atomic E-state index is 0. The van der Waals surface area contributed by atoms with Crippen LogP contribution in [0, 0.1) is 0 Å². The Morgan fingerprint density at radius 3 is 0.750 bits per heavy atom. The molecule has 0 amide bonds. The van der Waals surface area contributed by atoms with Crippen LogP contribution in [-0.2, 0) is 16.5 Å². The number of unbranched alkanes of at least 4 members (excludes halogenated alkanes) is 29. The maximum absolute atomic E-state index is 5.20. The Morgan fingerprint density at radius 2 is 0.519 bits per heavy atom. The minimum absolute atomic E-state index is 0. The van der Waals surface area contributed by atoms with Gasteiger partial charge < -0.3 is 0 Å². The Morgan fingerprint density at radius 1 is 0.308 bits per heavy atom. The topological polar surface area (TPSA) is 24.7 Å². The van der Waals surface area contributed by atoms with Crippen LogP contribution in [0.25, 0.3) is 0 Å². The Bertz CT molecular complexity index is 1060. The zero-order valence-corrected chi connectivity index (χ0v) is 35.3. The van der Waals surface area contributed by atoms with Gasteiger partial charge in [-0.1, -0.05) is 236 Å². The Labute approximate surface area is 334 Å². The molecule has 0 N–H and O–H groups in total. The van der Waals surface area contributed by atoms with Crippen LogP contribution in [0.1, 0.15) is 226 Å². The monoisotopic (exact) mass is 757 g/mol. The average molecular weight is 758 g/mol. The van der Waals surface area contributed by atoms with Crippen LogP contribution in [0.3, 0.4) is 0 Å². The predicted octanol–water partition coefficient (Wildman–Crippen LogP) is 17.4. The first-order chi connectivity index (χ1) is 25.3. The molecule has 3 heteroatoms. The largest absolute Gasteiger partial charge is 0.252 e. The van der Waals surface area contributed by atoms with Crippen LogP contribution >= 0.6 is 0 Å². The molecule has 2 aromatic carbocycles. The molecule has 0 aliphatic heterocycles. The molecule has 2 aromatic rings. The van der Waals surface area contributed by atoms with Crippen molar-refractivity contribution in [2.45, 2.75) is 226 Å². The zero-order chi connectivity index (χ0) is 36.1. The molecule has 52 heavy (non-hydrogen) atoms. The second-order valence-corrected chi connectivity index (χ2v) is 15.5. The molecule has 0 spiro atoms. The fraction of sp³-hybridized carbons (Fsp3) is 0.714. The van der Waals surface area contributed by atoms with Crippen LogP contribution in [0.5, 0.6) is 0 Å². The van der Waals surface area contributed by atoms with E-state index in [2.05, 4.69) is 74.5 Å². The van der Waals surface area contributed by atoms with Crippen LogP contribution in [-0.4, -0.2) is 11.4 Å². The van der Waals surface area contributed by atoms with Crippen molar-refractivity contribution >= 4 is 22.8 Å². The van der Waals surface area contributed by atoms with Gasteiger partial charge in [0, 0.05) is 16.5 Å². The molecule has 2 nitrogen and oxygen atoms in total. The summed E-state index contributed by atoms with van der Waals surface area (Å²) in [6, 6.07) is 21.1. The van der Waals surface area contributed by atoms with E-state index in [4.69, 9.17) is 9.98 Å². The van der Waals surface area contributed by atoms with Crippen molar-refractivity contribution in [3.8, 4) is 0 Å². The third kappa shape index (κ3) is 28.7. The number of hydrogen-bond acceptors (Lipinski definition) is 2. The molecule has 0 unspecified atom stereocenters. The number of benzene rings is 2. The average Bonchev–Trinajstić information content (AvgIpc) is 3.16. The van der Waals surface area contributed by atoms with Gasteiger partial charge in [-0.25, -0.2) is 0 Å². The molecule has 0 aliphatic rings. The van der Waals surface area contributed by atoms with Crippen molar-refractivity contribution in [2.24, 2.45) is 9.98 Å². The Kier molecular flexibility index (Phi) is 34.9. The summed E-state index contributed by atoms with van der Waals surface area (Å²) in [6.07, 6.45) is 45.6. The van der Waals surface area contributed by atoms with Gasteiger partial charge in [0.2, 0.25) is 0 Å². The first kappa shape index (κ1) is 48.3. The Hall–Kier alpha value is -1.73. The summed E-state index contributed by atoms with van der Waals surface area (Å²) in [4.78, 5) is 10.4. The number of hydrogen-bond donors (Lipinski definition) is 0. The molecule has 0 heterocycles. The van der Waals surface area contributed by atoms with E-state index < -0.39 is 0 Å². The predicted molar refractivity (Wildman–Crippen MR) is 231 cm³/mol. The quantitative estimate of drug-likeness (QED) is 0.0376. The number of nitrogens with zero attached hydrogens (tertiary/aromatic N) is 2. The van der Waals surface area contributed by atoms with Gasteiger partial charge in [0.05, 0.1) is 22.8 Å². The van der Waals surface area contributed by atoms with Gasteiger partial charge in [-0.3, -0.25) is 9.98 Å². The van der Waals surface area contributed by atoms with Gasteiger partial charge in [0.15, 0.2) is 0 Å². The summed E-state index contributed by atoms with van der Waals surface area (Å²) in [5.74, 6) is 0. The molecule has 0 bridgehead atoms. The van der Waals surface area contributed by atoms with Gasteiger partial charge in [-0.2, -0.15) is 0 Å². The summed E-state index contributed by atoms with van der Waals surface area (Å²) < 4.78 is 0. The van der Waals surface area contributed by atoms with Gasteiger partial charge in [0.25, 0.3) is 0 Å². The summed E-state index contributed by atoms with van der Waals surface area (Å²) in [6.45, 7) is 4.60. The number of rotatable bonds is 36. The van der Waals surface area contributed by atoms with E-state index in [1.165, 1.54) is 210 Å². The summed E-state index contributed by atoms with van der Waals surface area (Å²) in [5.41, 5.74) is 4.50. The van der Waals surface area contributed by atoms with Gasteiger partial charge in [-0.05, 0) is 49.9 Å². The van der Waals surface area contributed by atoms with Crippen molar-refractivity contribution < 1.29 is 16.5 Å². The maximum atomic E-state index is 5.20. The molecule has 0 saturated carbocycles. The van der Waals surface area contributed by atoms with Gasteiger partial charge >= 0.3 is 0 Å². The SMILES string of the molecule is CCCCCCCCCCCCCCCCCCCCCCCCCCCC(=N\c1ccccc1)/C(CCCCCCCC)=N/c1ccccc1.[Ni]. The van der Waals surface area contributed by atoms with E-state index in [1.807, 2.05) is 0 Å². The molecule has 0 fully saturated rings. The molecular formula is C49H82N2Ni. The summed E-state index contributed by atoms with van der Waals surface area (Å²) in [5, 5.41) is 0. The van der Waals surface area contributed by atoms with Gasteiger partial charge in [-0.15, -0.1) is 0 Å². The number of para-hydroxylation sites is 2. The van der Waals surface area contributed by atoms with E-state index in [0.29, 0.717) is 0 Å². The van der Waals surface area contributed by atoms with E-state index in [-0.39, 0.29) is 16.5 Å². The second-order valence-electron chi connectivity index (χ2n) is 15.5. The summed E-state index contributed by atoms with van der Waals surface area (Å²) >= 11 is 0. The standard InChI is InChI=1S/C49H82N2.Ni/c1-3-5-7-9-11-12-13-14-15-16-17-18-19-20-21-22-23-24-25-26-27-28-29-31-39-45-49(51-47-42-36-33-37-43-47)48(44-38-30-10-8-6-4-2)50-46-40-34-32-35-41-46;/h32-37,40-43H,3-31,38-39,44-45H2,1-2H3;/b50-48+,51-49+;. The van der Waals surface area contributed by atoms with Crippen molar-refractivity contribution in [1.82, 2.24) is 0 Å². The number of aliphatic imine (C=N–C) groups is 2. The zero-order valence-electron chi connectivity index (χ0n) is 34.3. The molecule has 0 aromatic heterocycles. The Balaban J connectivity index is 0.0000135. The van der Waals surface area contributed by atoms with Crippen LogP contribution < -0.4 is 0 Å². The van der Waals surface area contributed by atoms with E-state index in [0.717, 1.165) is 24.2 Å². The van der Waals surface area contributed by atoms with Crippen molar-refractivity contribution in [2.75, 3.05) is 0 Å². The molecule has 0 radical (unpaired) electrons. The third-order valence-corrected chi connectivity index (χ3v) is 10.7. The molecule has 0 atom stereocenters.